The van der Waals surface area contributed by atoms with E-state index in [9.17, 15) is 8.78 Å². The normalized spacial score (nSPS) is 12.2. The quantitative estimate of drug-likeness (QED) is 0.736. The van der Waals surface area contributed by atoms with Crippen LogP contribution in [0, 0.1) is 18.6 Å². The van der Waals surface area contributed by atoms with Gasteiger partial charge in [0.25, 0.3) is 0 Å². The lowest BCUT2D eigenvalue weighted by Crippen LogP contribution is -2.02. The Bertz CT molecular complexity index is 613. The number of hydrogen-bond donors (Lipinski definition) is 0. The van der Waals surface area contributed by atoms with E-state index >= 15 is 0 Å². The molecule has 0 amide bonds. The molecule has 2 rings (SSSR count). The molecule has 0 aliphatic rings. The Morgan fingerprint density at radius 1 is 1.20 bits per heavy atom. The van der Waals surface area contributed by atoms with Gasteiger partial charge in [-0.25, -0.2) is 8.78 Å². The minimum Gasteiger partial charge on any atom is -0.496 e. The molecule has 4 heteroatoms. The van der Waals surface area contributed by atoms with Crippen molar-refractivity contribution in [1.82, 2.24) is 0 Å². The second-order valence-electron chi connectivity index (χ2n) is 4.63. The topological polar surface area (TPSA) is 9.23 Å². The van der Waals surface area contributed by atoms with Crippen LogP contribution in [0.4, 0.5) is 8.78 Å². The summed E-state index contributed by atoms with van der Waals surface area (Å²) in [4.78, 5) is 0. The molecule has 2 aromatic carbocycles. The van der Waals surface area contributed by atoms with Crippen molar-refractivity contribution in [1.29, 1.82) is 0 Å². The lowest BCUT2D eigenvalue weighted by atomic mass is 10.0. The highest BCUT2D eigenvalue weighted by Gasteiger charge is 2.17. The number of halogens is 3. The van der Waals surface area contributed by atoms with Crippen molar-refractivity contribution in [3.05, 3.63) is 64.7 Å². The van der Waals surface area contributed by atoms with Gasteiger partial charge in [0, 0.05) is 5.56 Å². The van der Waals surface area contributed by atoms with Crippen molar-refractivity contribution in [2.45, 2.75) is 18.7 Å². The third-order valence-corrected chi connectivity index (χ3v) is 3.54. The van der Waals surface area contributed by atoms with E-state index < -0.39 is 17.0 Å². The first-order chi connectivity index (χ1) is 9.52. The van der Waals surface area contributed by atoms with Crippen LogP contribution in [-0.4, -0.2) is 7.11 Å². The fourth-order valence-electron chi connectivity index (χ4n) is 2.11. The Balaban J connectivity index is 2.30. The summed E-state index contributed by atoms with van der Waals surface area (Å²) >= 11 is 6.35. The SMILES string of the molecule is COc1ccc(C)cc1C(Cl)Cc1cccc(F)c1F. The zero-order valence-electron chi connectivity index (χ0n) is 11.3. The van der Waals surface area contributed by atoms with Crippen LogP contribution in [0.3, 0.4) is 0 Å². The van der Waals surface area contributed by atoms with E-state index in [-0.39, 0.29) is 12.0 Å². The molecule has 1 nitrogen and oxygen atoms in total. The number of aryl methyl sites for hydroxylation is 1. The third kappa shape index (κ3) is 3.10. The van der Waals surface area contributed by atoms with Crippen molar-refractivity contribution in [3.8, 4) is 5.75 Å². The van der Waals surface area contributed by atoms with Crippen LogP contribution < -0.4 is 4.74 Å². The van der Waals surface area contributed by atoms with Gasteiger partial charge < -0.3 is 4.74 Å². The Kier molecular flexibility index (Phi) is 4.61. The summed E-state index contributed by atoms with van der Waals surface area (Å²) in [5.41, 5.74) is 2.07. The monoisotopic (exact) mass is 296 g/mol. The number of alkyl halides is 1. The molecule has 0 aliphatic carbocycles. The molecule has 0 saturated heterocycles. The Morgan fingerprint density at radius 3 is 2.65 bits per heavy atom. The largest absolute Gasteiger partial charge is 0.496 e. The van der Waals surface area contributed by atoms with Crippen molar-refractivity contribution < 1.29 is 13.5 Å². The molecular weight excluding hydrogens is 282 g/mol. The van der Waals surface area contributed by atoms with Gasteiger partial charge in [0.05, 0.1) is 12.5 Å². The summed E-state index contributed by atoms with van der Waals surface area (Å²) in [6, 6.07) is 9.74. The molecule has 0 aliphatic heterocycles. The highest BCUT2D eigenvalue weighted by molar-refractivity contribution is 6.21. The van der Waals surface area contributed by atoms with Crippen molar-refractivity contribution in [2.24, 2.45) is 0 Å². The van der Waals surface area contributed by atoms with Crippen LogP contribution in [0.15, 0.2) is 36.4 Å². The predicted octanol–water partition coefficient (Wildman–Crippen LogP) is 4.80. The fraction of sp³-hybridized carbons (Fsp3) is 0.250. The molecule has 0 aromatic heterocycles. The Hall–Kier alpha value is -1.61. The smallest absolute Gasteiger partial charge is 0.162 e. The molecule has 1 unspecified atom stereocenters. The second kappa shape index (κ2) is 6.23. The van der Waals surface area contributed by atoms with Gasteiger partial charge in [0.2, 0.25) is 0 Å². The van der Waals surface area contributed by atoms with E-state index in [1.807, 2.05) is 25.1 Å². The molecule has 0 fully saturated rings. The summed E-state index contributed by atoms with van der Waals surface area (Å²) in [7, 11) is 1.56. The van der Waals surface area contributed by atoms with Gasteiger partial charge in [-0.2, -0.15) is 0 Å². The summed E-state index contributed by atoms with van der Waals surface area (Å²) in [6.07, 6.45) is 0.199. The first-order valence-electron chi connectivity index (χ1n) is 6.24. The zero-order chi connectivity index (χ0) is 14.7. The standard InChI is InChI=1S/C16H15ClF2O/c1-10-6-7-15(20-2)12(8-10)13(17)9-11-4-3-5-14(18)16(11)19/h3-8,13H,9H2,1-2H3. The average molecular weight is 297 g/mol. The molecule has 0 radical (unpaired) electrons. The number of ether oxygens (including phenoxy) is 1. The van der Waals surface area contributed by atoms with E-state index in [4.69, 9.17) is 16.3 Å². The fourth-order valence-corrected chi connectivity index (χ4v) is 2.44. The van der Waals surface area contributed by atoms with E-state index in [1.165, 1.54) is 12.1 Å². The van der Waals surface area contributed by atoms with Crippen LogP contribution in [0.5, 0.6) is 5.75 Å². The number of rotatable bonds is 4. The van der Waals surface area contributed by atoms with Gasteiger partial charge in [0.1, 0.15) is 5.75 Å². The van der Waals surface area contributed by atoms with Gasteiger partial charge in [-0.05, 0) is 31.0 Å². The molecule has 1 atom stereocenters. The van der Waals surface area contributed by atoms with E-state index in [0.29, 0.717) is 5.75 Å². The minimum absolute atomic E-state index is 0.199. The molecule has 0 bridgehead atoms. The van der Waals surface area contributed by atoms with Gasteiger partial charge in [-0.1, -0.05) is 29.8 Å². The van der Waals surface area contributed by atoms with Crippen molar-refractivity contribution >= 4 is 11.6 Å². The van der Waals surface area contributed by atoms with Crippen molar-refractivity contribution in [3.63, 3.8) is 0 Å². The maximum Gasteiger partial charge on any atom is 0.162 e. The number of methoxy groups -OCH3 is 1. The molecule has 0 spiro atoms. The van der Waals surface area contributed by atoms with Crippen LogP contribution in [-0.2, 0) is 6.42 Å². The predicted molar refractivity (Wildman–Crippen MR) is 76.4 cm³/mol. The lowest BCUT2D eigenvalue weighted by Gasteiger charge is -2.15. The minimum atomic E-state index is -0.859. The number of hydrogen-bond acceptors (Lipinski definition) is 1. The molecule has 0 heterocycles. The summed E-state index contributed by atoms with van der Waals surface area (Å²) in [5.74, 6) is -1.06. The molecule has 20 heavy (non-hydrogen) atoms. The van der Waals surface area contributed by atoms with Gasteiger partial charge >= 0.3 is 0 Å². The first kappa shape index (κ1) is 14.8. The zero-order valence-corrected chi connectivity index (χ0v) is 12.0. The summed E-state index contributed by atoms with van der Waals surface area (Å²) < 4.78 is 32.1. The second-order valence-corrected chi connectivity index (χ2v) is 5.16. The van der Waals surface area contributed by atoms with Gasteiger partial charge in [-0.15, -0.1) is 11.6 Å². The average Bonchev–Trinajstić information content (AvgIpc) is 2.43. The molecular formula is C16H15ClF2O. The highest BCUT2D eigenvalue weighted by Crippen LogP contribution is 2.33. The summed E-state index contributed by atoms with van der Waals surface area (Å²) in [5, 5.41) is -0.485. The van der Waals surface area contributed by atoms with Gasteiger partial charge in [0.15, 0.2) is 11.6 Å². The molecule has 0 saturated carbocycles. The van der Waals surface area contributed by atoms with E-state index in [2.05, 4.69) is 0 Å². The highest BCUT2D eigenvalue weighted by atomic mass is 35.5. The third-order valence-electron chi connectivity index (χ3n) is 3.15. The van der Waals surface area contributed by atoms with E-state index in [1.54, 1.807) is 7.11 Å². The lowest BCUT2D eigenvalue weighted by molar-refractivity contribution is 0.408. The number of benzene rings is 2. The van der Waals surface area contributed by atoms with Crippen LogP contribution >= 0.6 is 11.6 Å². The van der Waals surface area contributed by atoms with Crippen LogP contribution in [0.2, 0.25) is 0 Å². The Labute approximate surface area is 122 Å². The van der Waals surface area contributed by atoms with Gasteiger partial charge in [-0.3, -0.25) is 0 Å². The first-order valence-corrected chi connectivity index (χ1v) is 6.68. The van der Waals surface area contributed by atoms with E-state index in [0.717, 1.165) is 17.2 Å². The van der Waals surface area contributed by atoms with Crippen LogP contribution in [0.1, 0.15) is 22.1 Å². The van der Waals surface area contributed by atoms with Crippen LogP contribution in [0.25, 0.3) is 0 Å². The molecule has 106 valence electrons. The Morgan fingerprint density at radius 2 is 1.95 bits per heavy atom. The summed E-state index contributed by atoms with van der Waals surface area (Å²) in [6.45, 7) is 1.94. The molecule has 0 N–H and O–H groups in total. The maximum atomic E-state index is 13.7. The molecule has 2 aromatic rings. The van der Waals surface area contributed by atoms with Crippen molar-refractivity contribution in [2.75, 3.05) is 7.11 Å². The maximum absolute atomic E-state index is 13.7.